The van der Waals surface area contributed by atoms with E-state index in [-0.39, 0.29) is 0 Å². The third-order valence-corrected chi connectivity index (χ3v) is 2.92. The van der Waals surface area contributed by atoms with Crippen molar-refractivity contribution in [1.29, 1.82) is 0 Å². The fourth-order valence-corrected chi connectivity index (χ4v) is 1.89. The van der Waals surface area contributed by atoms with Crippen LogP contribution in [0.3, 0.4) is 0 Å². The van der Waals surface area contributed by atoms with Crippen molar-refractivity contribution in [3.05, 3.63) is 46.5 Å². The second-order valence-corrected chi connectivity index (χ2v) is 4.69. The van der Waals surface area contributed by atoms with Crippen LogP contribution in [0.4, 0.5) is 0 Å². The second kappa shape index (κ2) is 15.5. The van der Waals surface area contributed by atoms with Gasteiger partial charge in [0.1, 0.15) is 0 Å². The van der Waals surface area contributed by atoms with Gasteiger partial charge in [-0.15, -0.1) is 0 Å². The van der Waals surface area contributed by atoms with Gasteiger partial charge in [-0.3, -0.25) is 0 Å². The molecule has 0 aromatic rings. The molecule has 0 unspecified atom stereocenters. The molecule has 100 valence electrons. The van der Waals surface area contributed by atoms with Crippen LogP contribution in [0.5, 0.6) is 0 Å². The van der Waals surface area contributed by atoms with Crippen molar-refractivity contribution < 1.29 is 14.4 Å². The van der Waals surface area contributed by atoms with Crippen LogP contribution in [0, 0.1) is 0 Å². The van der Waals surface area contributed by atoms with E-state index in [0.29, 0.717) is 0 Å². The van der Waals surface area contributed by atoms with E-state index in [4.69, 9.17) is 0 Å². The Kier molecular flexibility index (Phi) is 15.0. The van der Waals surface area contributed by atoms with Crippen LogP contribution in [0.2, 0.25) is 0 Å². The third-order valence-electron chi connectivity index (χ3n) is 2.08. The molecule has 0 bridgehead atoms. The first kappa shape index (κ1) is 16.5. The summed E-state index contributed by atoms with van der Waals surface area (Å²) in [5, 5.41) is 4.40. The van der Waals surface area contributed by atoms with Gasteiger partial charge in [0.15, 0.2) is 0 Å². The molecule has 0 heterocycles. The van der Waals surface area contributed by atoms with Crippen LogP contribution in [0.15, 0.2) is 46.5 Å². The molecule has 0 spiro atoms. The van der Waals surface area contributed by atoms with Crippen LogP contribution < -0.4 is 0 Å². The average Bonchev–Trinajstić information content (AvgIpc) is 2.35. The van der Waals surface area contributed by atoms with Gasteiger partial charge in [-0.2, -0.15) is 0 Å². The van der Waals surface area contributed by atoms with Gasteiger partial charge in [0.05, 0.1) is 0 Å². The van der Waals surface area contributed by atoms with Crippen LogP contribution in [0.25, 0.3) is 0 Å². The molecule has 0 aliphatic rings. The Bertz CT molecular complexity index is 220. The van der Waals surface area contributed by atoms with Crippen molar-refractivity contribution in [2.24, 2.45) is 0 Å². The molecule has 0 rings (SSSR count). The Hall–Kier alpha value is -0.546. The van der Waals surface area contributed by atoms with E-state index in [1.807, 2.05) is 0 Å². The van der Waals surface area contributed by atoms with Gasteiger partial charge in [-0.25, -0.2) is 0 Å². The van der Waals surface area contributed by atoms with Crippen molar-refractivity contribution in [1.82, 2.24) is 0 Å². The number of hydrogen-bond donors (Lipinski definition) is 0. The van der Waals surface area contributed by atoms with Crippen LogP contribution >= 0.6 is 0 Å². The maximum absolute atomic E-state index is 2.26. The monoisotopic (exact) mass is 276 g/mol. The second-order valence-electron chi connectivity index (χ2n) is 3.70. The van der Waals surface area contributed by atoms with Gasteiger partial charge in [0, 0.05) is 0 Å². The van der Waals surface area contributed by atoms with E-state index in [0.717, 1.165) is 25.7 Å². The maximum atomic E-state index is 2.26. The predicted octanol–water partition coefficient (Wildman–Crippen LogP) is 5.59. The first-order chi connectivity index (χ1) is 8.41. The zero-order valence-corrected chi connectivity index (χ0v) is 12.2. The quantitative estimate of drug-likeness (QED) is 0.277. The standard InChI is InChI=1S/2C8H13.Ni/c2*1-3-5-7-8-6-4-2;/h2*1,3,6,8H,4-5,7H2,2H3;. The van der Waals surface area contributed by atoms with Crippen molar-refractivity contribution in [2.75, 3.05) is 0 Å². The van der Waals surface area contributed by atoms with Gasteiger partial charge >= 0.3 is 113 Å². The number of hydrogen-bond acceptors (Lipinski definition) is 0. The third kappa shape index (κ3) is 15.5. The number of unbranched alkanes of at least 4 members (excludes halogenated alkanes) is 2. The van der Waals surface area contributed by atoms with E-state index in [2.05, 4.69) is 60.4 Å². The van der Waals surface area contributed by atoms with Crippen molar-refractivity contribution in [3.8, 4) is 0 Å². The topological polar surface area (TPSA) is 0 Å². The molecule has 0 saturated heterocycles. The molecule has 0 aliphatic carbocycles. The molecule has 0 aliphatic heterocycles. The molecule has 0 aromatic carbocycles. The normalized spacial score (nSPS) is 13.1. The molecule has 0 nitrogen and oxygen atoms in total. The average molecular weight is 277 g/mol. The molecule has 17 heavy (non-hydrogen) atoms. The number of rotatable bonds is 10. The summed E-state index contributed by atoms with van der Waals surface area (Å²) in [5.74, 6) is 0. The summed E-state index contributed by atoms with van der Waals surface area (Å²) in [7, 11) is 0. The summed E-state index contributed by atoms with van der Waals surface area (Å²) in [5.41, 5.74) is 0. The fourth-order valence-electron chi connectivity index (χ4n) is 1.18. The summed E-state index contributed by atoms with van der Waals surface area (Å²) < 4.78 is 0. The van der Waals surface area contributed by atoms with Gasteiger partial charge in [0.25, 0.3) is 0 Å². The summed E-state index contributed by atoms with van der Waals surface area (Å²) in [6.07, 6.45) is 20.4. The zero-order chi connectivity index (χ0) is 12.6. The van der Waals surface area contributed by atoms with Gasteiger partial charge in [-0.1, -0.05) is 0 Å². The van der Waals surface area contributed by atoms with Crippen molar-refractivity contribution in [3.63, 3.8) is 0 Å². The summed E-state index contributed by atoms with van der Waals surface area (Å²) in [4.78, 5) is 0. The first-order valence-corrected chi connectivity index (χ1v) is 7.70. The minimum atomic E-state index is 1.15. The molecule has 0 aromatic heterocycles. The minimum absolute atomic E-state index is 1.15. The fraction of sp³-hybridized carbons (Fsp3) is 0.500. The predicted molar refractivity (Wildman–Crippen MR) is 75.6 cm³/mol. The van der Waals surface area contributed by atoms with Crippen LogP contribution in [-0.2, 0) is 14.4 Å². The van der Waals surface area contributed by atoms with Gasteiger partial charge in [0.2, 0.25) is 0 Å². The Morgan fingerprint density at radius 1 is 0.588 bits per heavy atom. The van der Waals surface area contributed by atoms with Gasteiger partial charge in [-0.05, 0) is 0 Å². The Balaban J connectivity index is 3.31. The molecule has 1 heteroatoms. The van der Waals surface area contributed by atoms with E-state index in [1.54, 1.807) is 14.4 Å². The van der Waals surface area contributed by atoms with E-state index < -0.39 is 0 Å². The van der Waals surface area contributed by atoms with E-state index >= 15 is 0 Å². The SMILES string of the molecule is CCC=CCCC=[CH][Ni][CH]=CCCC=CCC. The van der Waals surface area contributed by atoms with Crippen molar-refractivity contribution >= 4 is 0 Å². The summed E-state index contributed by atoms with van der Waals surface area (Å²) in [6.45, 7) is 4.34. The molecule has 0 saturated carbocycles. The van der Waals surface area contributed by atoms with E-state index in [9.17, 15) is 0 Å². The van der Waals surface area contributed by atoms with Crippen LogP contribution in [0.1, 0.15) is 52.4 Å². The van der Waals surface area contributed by atoms with E-state index in [1.165, 1.54) is 12.8 Å². The van der Waals surface area contributed by atoms with Crippen LogP contribution in [-0.4, -0.2) is 0 Å². The molecular formula is C16H26Ni. The number of allylic oxidation sites excluding steroid dienone is 6. The Labute approximate surface area is 113 Å². The molecule has 0 atom stereocenters. The molecule has 0 fully saturated rings. The molecule has 0 radical (unpaired) electrons. The Morgan fingerprint density at radius 2 is 1.00 bits per heavy atom. The molecule has 0 amide bonds. The zero-order valence-electron chi connectivity index (χ0n) is 11.2. The van der Waals surface area contributed by atoms with Gasteiger partial charge < -0.3 is 0 Å². The molecule has 0 N–H and O–H groups in total. The summed E-state index contributed by atoms with van der Waals surface area (Å²) >= 11 is 1.60. The first-order valence-electron chi connectivity index (χ1n) is 6.56. The Morgan fingerprint density at radius 3 is 1.41 bits per heavy atom. The molecular weight excluding hydrogens is 251 g/mol. The summed E-state index contributed by atoms with van der Waals surface area (Å²) in [6, 6.07) is 0. The van der Waals surface area contributed by atoms with Crippen molar-refractivity contribution in [2.45, 2.75) is 52.4 Å².